The fraction of sp³-hybridized carbons (Fsp3) is 0.400. The summed E-state index contributed by atoms with van der Waals surface area (Å²) in [6.07, 6.45) is 4.53. The highest BCUT2D eigenvalue weighted by molar-refractivity contribution is 6.28. The molecular formula is C35H41N2+. The monoisotopic (exact) mass is 489 g/mol. The summed E-state index contributed by atoms with van der Waals surface area (Å²) in [5, 5.41) is 7.07. The second kappa shape index (κ2) is 7.69. The van der Waals surface area contributed by atoms with Crippen LogP contribution in [0.1, 0.15) is 69.4 Å². The Morgan fingerprint density at radius 2 is 1.35 bits per heavy atom. The normalized spacial score (nSPS) is 13.4. The maximum absolute atomic E-state index is 2.62. The van der Waals surface area contributed by atoms with Gasteiger partial charge in [0.25, 0.3) is 0 Å². The quantitative estimate of drug-likeness (QED) is 0.130. The molecule has 2 nitrogen and oxygen atoms in total. The van der Waals surface area contributed by atoms with Gasteiger partial charge in [-0.15, -0.1) is 0 Å². The van der Waals surface area contributed by atoms with Gasteiger partial charge in [0.15, 0.2) is 6.20 Å². The molecule has 0 unspecified atom stereocenters. The van der Waals surface area contributed by atoms with Gasteiger partial charge in [-0.05, 0) is 84.2 Å². The van der Waals surface area contributed by atoms with Crippen molar-refractivity contribution in [1.29, 1.82) is 0 Å². The highest BCUT2D eigenvalue weighted by Gasteiger charge is 2.30. The van der Waals surface area contributed by atoms with E-state index in [9.17, 15) is 0 Å². The first-order valence-corrected chi connectivity index (χ1v) is 13.8. The smallest absolute Gasteiger partial charge is 0.224 e. The minimum absolute atomic E-state index is 0.196. The molecule has 0 N–H and O–H groups in total. The van der Waals surface area contributed by atoms with E-state index in [1.165, 1.54) is 76.8 Å². The van der Waals surface area contributed by atoms with Crippen molar-refractivity contribution in [2.45, 2.75) is 75.2 Å². The van der Waals surface area contributed by atoms with Gasteiger partial charge in [-0.25, -0.2) is 4.57 Å². The fourth-order valence-electron chi connectivity index (χ4n) is 6.89. The molecule has 0 atom stereocenters. The summed E-state index contributed by atoms with van der Waals surface area (Å²) >= 11 is 0. The Balaban J connectivity index is 2.02. The third kappa shape index (κ3) is 3.55. The number of para-hydroxylation sites is 1. The van der Waals surface area contributed by atoms with E-state index >= 15 is 0 Å². The van der Waals surface area contributed by atoms with Crippen molar-refractivity contribution in [3.63, 3.8) is 0 Å². The van der Waals surface area contributed by atoms with Crippen LogP contribution in [0.25, 0.3) is 49.0 Å². The van der Waals surface area contributed by atoms with Crippen LogP contribution in [-0.4, -0.2) is 4.40 Å². The van der Waals surface area contributed by atoms with Crippen LogP contribution in [0.5, 0.6) is 0 Å². The van der Waals surface area contributed by atoms with Crippen molar-refractivity contribution in [3.8, 4) is 0 Å². The van der Waals surface area contributed by atoms with Crippen molar-refractivity contribution in [2.75, 3.05) is 0 Å². The molecule has 37 heavy (non-hydrogen) atoms. The number of benzene rings is 3. The highest BCUT2D eigenvalue weighted by atomic mass is 15.0. The van der Waals surface area contributed by atoms with Crippen LogP contribution in [0.4, 0.5) is 0 Å². The largest absolute Gasteiger partial charge is 0.307 e. The van der Waals surface area contributed by atoms with Gasteiger partial charge in [0.2, 0.25) is 5.52 Å². The maximum Gasteiger partial charge on any atom is 0.224 e. The van der Waals surface area contributed by atoms with Crippen molar-refractivity contribution in [2.24, 2.45) is 17.9 Å². The summed E-state index contributed by atoms with van der Waals surface area (Å²) in [5.41, 5.74) is 12.9. The number of rotatable bonds is 2. The van der Waals surface area contributed by atoms with E-state index < -0.39 is 0 Å². The molecule has 0 aliphatic heterocycles. The molecule has 0 aliphatic rings. The summed E-state index contributed by atoms with van der Waals surface area (Å²) < 4.78 is 5.04. The molecule has 0 fully saturated rings. The molecule has 190 valence electrons. The molecule has 3 aromatic carbocycles. The zero-order valence-corrected chi connectivity index (χ0v) is 24.4. The minimum atomic E-state index is 0.196. The van der Waals surface area contributed by atoms with Crippen LogP contribution in [0.3, 0.4) is 0 Å². The Morgan fingerprint density at radius 1 is 0.703 bits per heavy atom. The average Bonchev–Trinajstić information content (AvgIpc) is 3.12. The van der Waals surface area contributed by atoms with Gasteiger partial charge in [-0.1, -0.05) is 65.8 Å². The molecule has 0 saturated carbocycles. The Bertz CT molecular complexity index is 1870. The molecule has 0 radical (unpaired) electrons. The average molecular weight is 490 g/mol. The zero-order chi connectivity index (χ0) is 26.6. The van der Waals surface area contributed by atoms with Crippen molar-refractivity contribution in [1.82, 2.24) is 4.40 Å². The van der Waals surface area contributed by atoms with Crippen LogP contribution >= 0.6 is 0 Å². The highest BCUT2D eigenvalue weighted by Crippen LogP contribution is 2.46. The molecule has 0 aliphatic carbocycles. The molecule has 0 saturated heterocycles. The molecule has 3 aromatic heterocycles. The second-order valence-electron chi connectivity index (χ2n) is 14.0. The van der Waals surface area contributed by atoms with E-state index in [4.69, 9.17) is 0 Å². The summed E-state index contributed by atoms with van der Waals surface area (Å²) in [6.45, 7) is 21.0. The number of aryl methyl sites for hydroxylation is 4. The lowest BCUT2D eigenvalue weighted by atomic mass is 9.82. The summed E-state index contributed by atoms with van der Waals surface area (Å²) in [5.74, 6) is 0. The van der Waals surface area contributed by atoms with Crippen LogP contribution in [0.2, 0.25) is 0 Å². The van der Waals surface area contributed by atoms with E-state index in [0.717, 1.165) is 12.8 Å². The Morgan fingerprint density at radius 3 is 2.03 bits per heavy atom. The number of hydrogen-bond donors (Lipinski definition) is 0. The third-order valence-electron chi connectivity index (χ3n) is 8.22. The molecule has 6 rings (SSSR count). The van der Waals surface area contributed by atoms with E-state index in [1.807, 2.05) is 0 Å². The standard InChI is InChI=1S/C35H41N2/c1-20-15-21(2)31-28(22(20)3)32-30-26(24(19-36(32)10)18-35(7,8)9)16-23(17-34(4,5)6)29-25-13-11-12-14-27(25)37(31)33(29)30/h11-16,19H,17-18H2,1-10H3/q+1. The van der Waals surface area contributed by atoms with E-state index in [0.29, 0.717) is 0 Å². The molecule has 6 aromatic rings. The lowest BCUT2D eigenvalue weighted by Crippen LogP contribution is -2.31. The Labute approximate surface area is 221 Å². The minimum Gasteiger partial charge on any atom is -0.307 e. The lowest BCUT2D eigenvalue weighted by molar-refractivity contribution is -0.644. The van der Waals surface area contributed by atoms with E-state index in [1.54, 1.807) is 0 Å². The van der Waals surface area contributed by atoms with Crippen molar-refractivity contribution >= 4 is 49.0 Å². The summed E-state index contributed by atoms with van der Waals surface area (Å²) in [6, 6.07) is 14.0. The third-order valence-corrected chi connectivity index (χ3v) is 8.22. The van der Waals surface area contributed by atoms with Crippen LogP contribution < -0.4 is 4.57 Å². The number of fused-ring (bicyclic) bond motifs is 6. The molecule has 2 heteroatoms. The predicted octanol–water partition coefficient (Wildman–Crippen LogP) is 8.92. The van der Waals surface area contributed by atoms with Gasteiger partial charge in [0.05, 0.1) is 27.3 Å². The van der Waals surface area contributed by atoms with Crippen molar-refractivity contribution in [3.05, 3.63) is 70.4 Å². The number of nitrogens with zero attached hydrogens (tertiary/aromatic N) is 2. The summed E-state index contributed by atoms with van der Waals surface area (Å²) in [4.78, 5) is 0. The number of pyridine rings is 2. The topological polar surface area (TPSA) is 8.29 Å². The first-order valence-electron chi connectivity index (χ1n) is 13.8. The van der Waals surface area contributed by atoms with Gasteiger partial charge in [0.1, 0.15) is 7.05 Å². The summed E-state index contributed by atoms with van der Waals surface area (Å²) in [7, 11) is 2.26. The van der Waals surface area contributed by atoms with Gasteiger partial charge >= 0.3 is 0 Å². The Kier molecular flexibility index (Phi) is 5.04. The lowest BCUT2D eigenvalue weighted by Gasteiger charge is -2.23. The number of hydrogen-bond acceptors (Lipinski definition) is 0. The number of aromatic nitrogens is 2. The van der Waals surface area contributed by atoms with Crippen LogP contribution in [0.15, 0.2) is 42.6 Å². The SMILES string of the molecule is Cc1cc(C)c2c(c1C)c1c3c(cc(CC(C)(C)C)c4c5ccccc5n2c43)c(CC(C)(C)C)c[n+]1C. The molecule has 0 spiro atoms. The predicted molar refractivity (Wildman–Crippen MR) is 160 cm³/mol. The van der Waals surface area contributed by atoms with Gasteiger partial charge < -0.3 is 4.40 Å². The first-order chi connectivity index (χ1) is 17.3. The zero-order valence-electron chi connectivity index (χ0n) is 24.4. The van der Waals surface area contributed by atoms with E-state index in [2.05, 4.69) is 121 Å². The molecule has 0 amide bonds. The molecular weight excluding hydrogens is 448 g/mol. The van der Waals surface area contributed by atoms with Gasteiger partial charge in [0, 0.05) is 16.3 Å². The maximum atomic E-state index is 2.62. The van der Waals surface area contributed by atoms with Gasteiger partial charge in [-0.2, -0.15) is 0 Å². The van der Waals surface area contributed by atoms with Crippen molar-refractivity contribution < 1.29 is 4.57 Å². The van der Waals surface area contributed by atoms with Crippen LogP contribution in [-0.2, 0) is 19.9 Å². The van der Waals surface area contributed by atoms with E-state index in [-0.39, 0.29) is 10.8 Å². The molecule has 3 heterocycles. The first kappa shape index (κ1) is 24.2. The Hall–Kier alpha value is -3.13. The molecule has 0 bridgehead atoms. The fourth-order valence-corrected chi connectivity index (χ4v) is 6.89. The van der Waals surface area contributed by atoms with Crippen LogP contribution in [0, 0.1) is 31.6 Å². The second-order valence-corrected chi connectivity index (χ2v) is 14.0. The van der Waals surface area contributed by atoms with Gasteiger partial charge in [-0.3, -0.25) is 0 Å².